The number of aryl methyl sites for hydroxylation is 1. The van der Waals surface area contributed by atoms with Gasteiger partial charge in [-0.05, 0) is 25.1 Å². The Kier molecular flexibility index (Phi) is 6.81. The van der Waals surface area contributed by atoms with Gasteiger partial charge < -0.3 is 14.5 Å². The number of nitrogens with zero attached hydrogens (tertiary/aromatic N) is 4. The second kappa shape index (κ2) is 9.38. The van der Waals surface area contributed by atoms with E-state index in [9.17, 15) is 31.2 Å². The minimum absolute atomic E-state index is 0.125. The number of benzene rings is 1. The fourth-order valence-corrected chi connectivity index (χ4v) is 3.40. The molecule has 1 saturated heterocycles. The van der Waals surface area contributed by atoms with E-state index in [1.807, 2.05) is 4.72 Å². The summed E-state index contributed by atoms with van der Waals surface area (Å²) in [5.74, 6) is -1.78. The van der Waals surface area contributed by atoms with Gasteiger partial charge in [-0.3, -0.25) is 19.3 Å². The summed E-state index contributed by atoms with van der Waals surface area (Å²) in [5, 5.41) is 0. The molecule has 3 rings (SSSR count). The van der Waals surface area contributed by atoms with Gasteiger partial charge in [-0.2, -0.15) is 0 Å². The van der Waals surface area contributed by atoms with E-state index in [-0.39, 0.29) is 43.3 Å². The van der Waals surface area contributed by atoms with Crippen molar-refractivity contribution in [3.05, 3.63) is 47.5 Å². The molecule has 0 atom stereocenters. The molecule has 32 heavy (non-hydrogen) atoms. The van der Waals surface area contributed by atoms with Gasteiger partial charge in [0.15, 0.2) is 5.75 Å². The van der Waals surface area contributed by atoms with Crippen LogP contribution in [0.15, 0.2) is 30.6 Å². The number of hydrogen-bond donors (Lipinski definition) is 2. The van der Waals surface area contributed by atoms with Crippen molar-refractivity contribution in [2.45, 2.75) is 13.3 Å². The summed E-state index contributed by atoms with van der Waals surface area (Å²) in [6.45, 7) is 2.42. The molecule has 0 unspecified atom stereocenters. The molecule has 1 N–H and O–H groups in total. The number of rotatable bonds is 5. The number of alkyl halides is 3. The van der Waals surface area contributed by atoms with Crippen molar-refractivity contribution >= 4 is 28.4 Å². The molecule has 1 aliphatic rings. The Morgan fingerprint density at radius 2 is 1.66 bits per heavy atom. The maximum atomic E-state index is 12.8. The SMILES string of the molecule is Cc1cnc(C(=O)N2CCN(C(=O)c3ccc(N[SH](=O)=O)c(OC(F)(F)F)c3)CC2)cn1. The molecule has 2 aromatic rings. The summed E-state index contributed by atoms with van der Waals surface area (Å²) in [4.78, 5) is 36.2. The van der Waals surface area contributed by atoms with Crippen LogP contribution in [-0.2, 0) is 10.9 Å². The largest absolute Gasteiger partial charge is 0.573 e. The van der Waals surface area contributed by atoms with Crippen LogP contribution in [-0.4, -0.2) is 72.5 Å². The van der Waals surface area contributed by atoms with Crippen LogP contribution >= 0.6 is 0 Å². The van der Waals surface area contributed by atoms with Gasteiger partial charge in [0.05, 0.1) is 17.6 Å². The number of carbonyl (C=O) groups is 2. The summed E-state index contributed by atoms with van der Waals surface area (Å²) in [7, 11) is -3.24. The molecule has 14 heteroatoms. The highest BCUT2D eigenvalue weighted by molar-refractivity contribution is 7.73. The van der Waals surface area contributed by atoms with Gasteiger partial charge in [0.1, 0.15) is 5.69 Å². The Morgan fingerprint density at radius 1 is 1.03 bits per heavy atom. The molecule has 0 saturated carbocycles. The first-order chi connectivity index (χ1) is 15.0. The standard InChI is InChI=1S/C18H18F3N5O5S/c1-11-9-23-14(10-22-11)17(28)26-6-4-25(5-7-26)16(27)12-2-3-13(24-32(29)30)15(8-12)31-18(19,20)21/h2-3,8-10,32H,4-7H2,1H3,(H,24,29,30). The van der Waals surface area contributed by atoms with E-state index < -0.39 is 34.6 Å². The van der Waals surface area contributed by atoms with Gasteiger partial charge in [0, 0.05) is 37.9 Å². The van der Waals surface area contributed by atoms with Crippen LogP contribution in [0.4, 0.5) is 18.9 Å². The van der Waals surface area contributed by atoms with E-state index in [0.29, 0.717) is 5.69 Å². The molecule has 0 aliphatic carbocycles. The Balaban J connectivity index is 1.70. The lowest BCUT2D eigenvalue weighted by molar-refractivity contribution is -0.274. The van der Waals surface area contributed by atoms with E-state index in [1.54, 1.807) is 6.92 Å². The minimum Gasteiger partial charge on any atom is -0.404 e. The maximum absolute atomic E-state index is 12.8. The zero-order chi connectivity index (χ0) is 23.5. The van der Waals surface area contributed by atoms with Crippen molar-refractivity contribution in [3.8, 4) is 5.75 Å². The van der Waals surface area contributed by atoms with Gasteiger partial charge in [0.2, 0.25) is 10.9 Å². The van der Waals surface area contributed by atoms with Crippen LogP contribution in [0.2, 0.25) is 0 Å². The number of aromatic nitrogens is 2. The lowest BCUT2D eigenvalue weighted by Gasteiger charge is -2.34. The summed E-state index contributed by atoms with van der Waals surface area (Å²) in [6, 6.07) is 3.01. The van der Waals surface area contributed by atoms with Crippen LogP contribution in [0.5, 0.6) is 5.75 Å². The van der Waals surface area contributed by atoms with Crippen LogP contribution in [0.1, 0.15) is 26.5 Å². The van der Waals surface area contributed by atoms with Crippen molar-refractivity contribution < 1.29 is 35.9 Å². The molecule has 0 radical (unpaired) electrons. The summed E-state index contributed by atoms with van der Waals surface area (Å²) < 4.78 is 65.4. The Hall–Kier alpha value is -3.42. The third-order valence-electron chi connectivity index (χ3n) is 4.52. The number of thiol groups is 1. The minimum atomic E-state index is -5.09. The zero-order valence-electron chi connectivity index (χ0n) is 16.6. The maximum Gasteiger partial charge on any atom is 0.573 e. The molecule has 1 aromatic carbocycles. The van der Waals surface area contributed by atoms with Gasteiger partial charge >= 0.3 is 6.36 Å². The molecule has 0 bridgehead atoms. The second-order valence-corrected chi connectivity index (χ2v) is 7.49. The fraction of sp³-hybridized carbons (Fsp3) is 0.333. The van der Waals surface area contributed by atoms with E-state index in [4.69, 9.17) is 0 Å². The van der Waals surface area contributed by atoms with Gasteiger partial charge in [-0.25, -0.2) is 13.4 Å². The van der Waals surface area contributed by atoms with E-state index in [2.05, 4.69) is 14.7 Å². The molecular formula is C18H18F3N5O5S. The first kappa shape index (κ1) is 23.2. The number of piperazine rings is 1. The second-order valence-electron chi connectivity index (χ2n) is 6.76. The molecular weight excluding hydrogens is 455 g/mol. The molecule has 1 aliphatic heterocycles. The average Bonchev–Trinajstić information content (AvgIpc) is 2.73. The van der Waals surface area contributed by atoms with Gasteiger partial charge in [-0.1, -0.05) is 0 Å². The molecule has 1 aromatic heterocycles. The highest BCUT2D eigenvalue weighted by Crippen LogP contribution is 2.32. The summed E-state index contributed by atoms with van der Waals surface area (Å²) >= 11 is 0. The highest BCUT2D eigenvalue weighted by atomic mass is 32.2. The number of nitrogens with one attached hydrogen (secondary N) is 1. The van der Waals surface area contributed by atoms with Crippen molar-refractivity contribution in [1.29, 1.82) is 0 Å². The predicted octanol–water partition coefficient (Wildman–Crippen LogP) is 1.22. The summed E-state index contributed by atoms with van der Waals surface area (Å²) in [5.41, 5.74) is 0.253. The van der Waals surface area contributed by atoms with E-state index in [1.165, 1.54) is 28.3 Å². The fourth-order valence-electron chi connectivity index (χ4n) is 3.02. The summed E-state index contributed by atoms with van der Waals surface area (Å²) in [6.07, 6.45) is -2.25. The van der Waals surface area contributed by atoms with E-state index in [0.717, 1.165) is 12.1 Å². The average molecular weight is 473 g/mol. The quantitative estimate of drug-likeness (QED) is 0.627. The van der Waals surface area contributed by atoms with Gasteiger partial charge in [-0.15, -0.1) is 13.2 Å². The third-order valence-corrected chi connectivity index (χ3v) is 4.94. The number of ether oxygens (including phenoxy) is 1. The smallest absolute Gasteiger partial charge is 0.404 e. The number of amides is 2. The Labute approximate surface area is 182 Å². The first-order valence-electron chi connectivity index (χ1n) is 9.21. The van der Waals surface area contributed by atoms with E-state index >= 15 is 0 Å². The lowest BCUT2D eigenvalue weighted by Crippen LogP contribution is -2.50. The normalized spacial score (nSPS) is 14.4. The lowest BCUT2D eigenvalue weighted by atomic mass is 10.1. The molecule has 1 fully saturated rings. The van der Waals surface area contributed by atoms with Crippen LogP contribution in [0, 0.1) is 6.92 Å². The molecule has 172 valence electrons. The van der Waals surface area contributed by atoms with Crippen LogP contribution in [0.25, 0.3) is 0 Å². The highest BCUT2D eigenvalue weighted by Gasteiger charge is 2.33. The van der Waals surface area contributed by atoms with Crippen molar-refractivity contribution in [2.24, 2.45) is 0 Å². The number of hydrogen-bond acceptors (Lipinski definition) is 7. The number of halogens is 3. The monoisotopic (exact) mass is 473 g/mol. The molecule has 10 nitrogen and oxygen atoms in total. The molecule has 2 heterocycles. The van der Waals surface area contributed by atoms with Gasteiger partial charge in [0.25, 0.3) is 11.8 Å². The molecule has 0 spiro atoms. The van der Waals surface area contributed by atoms with Crippen molar-refractivity contribution in [3.63, 3.8) is 0 Å². The van der Waals surface area contributed by atoms with Crippen LogP contribution in [0.3, 0.4) is 0 Å². The van der Waals surface area contributed by atoms with Crippen molar-refractivity contribution in [2.75, 3.05) is 30.9 Å². The number of carbonyl (C=O) groups excluding carboxylic acids is 2. The first-order valence-corrected chi connectivity index (χ1v) is 10.4. The zero-order valence-corrected chi connectivity index (χ0v) is 17.5. The number of anilines is 1. The van der Waals surface area contributed by atoms with Crippen LogP contribution < -0.4 is 9.46 Å². The predicted molar refractivity (Wildman–Crippen MR) is 106 cm³/mol. The topological polar surface area (TPSA) is 122 Å². The third kappa shape index (κ3) is 5.84. The Morgan fingerprint density at radius 3 is 2.19 bits per heavy atom. The van der Waals surface area contributed by atoms with Crippen molar-refractivity contribution in [1.82, 2.24) is 19.8 Å². The molecule has 2 amide bonds. The Bertz CT molecular complexity index is 1080.